The summed E-state index contributed by atoms with van der Waals surface area (Å²) >= 11 is 5.87. The van der Waals surface area contributed by atoms with Crippen LogP contribution in [0.1, 0.15) is 29.2 Å². The molecule has 0 bridgehead atoms. The van der Waals surface area contributed by atoms with Crippen LogP contribution in [-0.4, -0.2) is 5.11 Å². The number of halogens is 4. The summed E-state index contributed by atoms with van der Waals surface area (Å²) in [5, 5.41) is 10.3. The zero-order valence-corrected chi connectivity index (χ0v) is 11.1. The van der Waals surface area contributed by atoms with E-state index >= 15 is 0 Å². The van der Waals surface area contributed by atoms with Gasteiger partial charge in [0.05, 0.1) is 6.10 Å². The van der Waals surface area contributed by atoms with Gasteiger partial charge in [0.2, 0.25) is 0 Å². The Kier molecular flexibility index (Phi) is 4.68. The molecule has 0 radical (unpaired) electrons. The molecule has 0 fully saturated rings. The molecular weight excluding hydrogens is 289 g/mol. The Bertz CT molecular complexity index is 601. The first-order valence-corrected chi connectivity index (χ1v) is 6.35. The summed E-state index contributed by atoms with van der Waals surface area (Å²) < 4.78 is 38.1. The minimum atomic E-state index is -2.59. The molecule has 0 amide bonds. The Morgan fingerprint density at radius 2 is 1.75 bits per heavy atom. The minimum absolute atomic E-state index is 0.131. The van der Waals surface area contributed by atoms with Gasteiger partial charge < -0.3 is 5.11 Å². The standard InChI is InChI=1S/C15H12ClF3O/c16-13-8-12(17)5-4-9(13)7-14(20)10-2-1-3-11(6-10)15(18)19/h1-6,8,14-15,20H,7H2. The minimum Gasteiger partial charge on any atom is -0.388 e. The first-order valence-electron chi connectivity index (χ1n) is 5.97. The van der Waals surface area contributed by atoms with Crippen molar-refractivity contribution in [3.63, 3.8) is 0 Å². The van der Waals surface area contributed by atoms with Crippen molar-refractivity contribution in [1.82, 2.24) is 0 Å². The third-order valence-corrected chi connectivity index (χ3v) is 3.33. The van der Waals surface area contributed by atoms with Gasteiger partial charge in [-0.05, 0) is 29.3 Å². The van der Waals surface area contributed by atoms with Crippen LogP contribution < -0.4 is 0 Å². The molecule has 0 saturated carbocycles. The first kappa shape index (κ1) is 14.9. The molecule has 1 nitrogen and oxygen atoms in total. The maximum Gasteiger partial charge on any atom is 0.263 e. The summed E-state index contributed by atoms with van der Waals surface area (Å²) in [5.41, 5.74) is 0.790. The topological polar surface area (TPSA) is 20.2 Å². The summed E-state index contributed by atoms with van der Waals surface area (Å²) in [6.45, 7) is 0. The highest BCUT2D eigenvalue weighted by Crippen LogP contribution is 2.27. The van der Waals surface area contributed by atoms with Crippen LogP contribution in [0.15, 0.2) is 42.5 Å². The molecule has 2 aromatic rings. The van der Waals surface area contributed by atoms with Gasteiger partial charge in [-0.3, -0.25) is 0 Å². The van der Waals surface area contributed by atoms with Crippen molar-refractivity contribution in [2.24, 2.45) is 0 Å². The van der Waals surface area contributed by atoms with Gasteiger partial charge in [0.1, 0.15) is 5.82 Å². The Hall–Kier alpha value is -1.52. The van der Waals surface area contributed by atoms with E-state index in [-0.39, 0.29) is 17.0 Å². The molecule has 0 aromatic heterocycles. The number of rotatable bonds is 4. The maximum atomic E-state index is 12.9. The van der Waals surface area contributed by atoms with Gasteiger partial charge in [-0.2, -0.15) is 0 Å². The summed E-state index contributed by atoms with van der Waals surface area (Å²) in [6.07, 6.45) is -3.43. The van der Waals surface area contributed by atoms with Gasteiger partial charge in [-0.1, -0.05) is 35.9 Å². The van der Waals surface area contributed by atoms with Crippen molar-refractivity contribution in [3.8, 4) is 0 Å². The van der Waals surface area contributed by atoms with E-state index in [0.29, 0.717) is 11.1 Å². The van der Waals surface area contributed by atoms with Crippen molar-refractivity contribution in [2.45, 2.75) is 19.0 Å². The lowest BCUT2D eigenvalue weighted by molar-refractivity contribution is 0.149. The van der Waals surface area contributed by atoms with Crippen LogP contribution in [0.4, 0.5) is 13.2 Å². The molecular formula is C15H12ClF3O. The van der Waals surface area contributed by atoms with E-state index in [2.05, 4.69) is 0 Å². The van der Waals surface area contributed by atoms with Crippen molar-refractivity contribution < 1.29 is 18.3 Å². The van der Waals surface area contributed by atoms with Gasteiger partial charge in [0, 0.05) is 17.0 Å². The smallest absolute Gasteiger partial charge is 0.263 e. The fraction of sp³-hybridized carbons (Fsp3) is 0.200. The normalized spacial score (nSPS) is 12.7. The van der Waals surface area contributed by atoms with Gasteiger partial charge >= 0.3 is 0 Å². The average Bonchev–Trinajstić information content (AvgIpc) is 2.42. The predicted octanol–water partition coefficient (Wildman–Crippen LogP) is 4.69. The molecule has 20 heavy (non-hydrogen) atoms. The number of benzene rings is 2. The highest BCUT2D eigenvalue weighted by molar-refractivity contribution is 6.31. The maximum absolute atomic E-state index is 12.9. The first-order chi connectivity index (χ1) is 9.47. The molecule has 0 aliphatic heterocycles. The van der Waals surface area contributed by atoms with Crippen LogP contribution in [-0.2, 0) is 6.42 Å². The molecule has 1 atom stereocenters. The molecule has 0 heterocycles. The van der Waals surface area contributed by atoms with E-state index in [4.69, 9.17) is 11.6 Å². The van der Waals surface area contributed by atoms with Gasteiger partial charge in [0.15, 0.2) is 0 Å². The second kappa shape index (κ2) is 6.29. The van der Waals surface area contributed by atoms with E-state index in [0.717, 1.165) is 6.07 Å². The van der Waals surface area contributed by atoms with Crippen LogP contribution in [0.2, 0.25) is 5.02 Å². The Morgan fingerprint density at radius 3 is 2.40 bits per heavy atom. The van der Waals surface area contributed by atoms with Crippen LogP contribution in [0.5, 0.6) is 0 Å². The highest BCUT2D eigenvalue weighted by Gasteiger charge is 2.14. The highest BCUT2D eigenvalue weighted by atomic mass is 35.5. The van der Waals surface area contributed by atoms with Gasteiger partial charge in [-0.25, -0.2) is 13.2 Å². The lowest BCUT2D eigenvalue weighted by Crippen LogP contribution is -2.03. The van der Waals surface area contributed by atoms with E-state index in [1.165, 1.54) is 30.3 Å². The zero-order valence-electron chi connectivity index (χ0n) is 10.4. The second-order valence-electron chi connectivity index (χ2n) is 4.43. The third kappa shape index (κ3) is 3.52. The third-order valence-electron chi connectivity index (χ3n) is 2.98. The molecule has 1 unspecified atom stereocenters. The number of hydrogen-bond donors (Lipinski definition) is 1. The van der Waals surface area contributed by atoms with Crippen molar-refractivity contribution in [3.05, 3.63) is 70.0 Å². The van der Waals surface area contributed by atoms with Crippen LogP contribution in [0, 0.1) is 5.82 Å². The molecule has 0 aliphatic rings. The van der Waals surface area contributed by atoms with E-state index in [1.54, 1.807) is 6.07 Å². The fourth-order valence-electron chi connectivity index (χ4n) is 1.92. The summed E-state index contributed by atoms with van der Waals surface area (Å²) in [7, 11) is 0. The lowest BCUT2D eigenvalue weighted by Gasteiger charge is -2.13. The van der Waals surface area contributed by atoms with Crippen molar-refractivity contribution >= 4 is 11.6 Å². The van der Waals surface area contributed by atoms with Gasteiger partial charge in [0.25, 0.3) is 6.43 Å². The van der Waals surface area contributed by atoms with Crippen LogP contribution >= 0.6 is 11.6 Å². The SMILES string of the molecule is OC(Cc1ccc(F)cc1Cl)c1cccc(C(F)F)c1. The number of alkyl halides is 2. The van der Waals surface area contributed by atoms with E-state index in [9.17, 15) is 18.3 Å². The fourth-order valence-corrected chi connectivity index (χ4v) is 2.16. The number of aliphatic hydroxyl groups is 1. The number of aliphatic hydroxyl groups excluding tert-OH is 1. The van der Waals surface area contributed by atoms with Gasteiger partial charge in [-0.15, -0.1) is 0 Å². The average molecular weight is 301 g/mol. The lowest BCUT2D eigenvalue weighted by atomic mass is 10.00. The Balaban J connectivity index is 2.19. The predicted molar refractivity (Wildman–Crippen MR) is 71.5 cm³/mol. The summed E-state index contributed by atoms with van der Waals surface area (Å²) in [4.78, 5) is 0. The Morgan fingerprint density at radius 1 is 1.05 bits per heavy atom. The Labute approximate surface area is 119 Å². The molecule has 1 N–H and O–H groups in total. The molecule has 106 valence electrons. The molecule has 0 spiro atoms. The monoisotopic (exact) mass is 300 g/mol. The van der Waals surface area contributed by atoms with Crippen LogP contribution in [0.3, 0.4) is 0 Å². The van der Waals surface area contributed by atoms with Crippen LogP contribution in [0.25, 0.3) is 0 Å². The summed E-state index contributed by atoms with van der Waals surface area (Å²) in [5.74, 6) is -0.465. The molecule has 2 rings (SSSR count). The quantitative estimate of drug-likeness (QED) is 0.868. The van der Waals surface area contributed by atoms with E-state index in [1.807, 2.05) is 0 Å². The number of hydrogen-bond acceptors (Lipinski definition) is 1. The van der Waals surface area contributed by atoms with Crippen molar-refractivity contribution in [2.75, 3.05) is 0 Å². The zero-order chi connectivity index (χ0) is 14.7. The molecule has 0 aliphatic carbocycles. The van der Waals surface area contributed by atoms with Crippen molar-refractivity contribution in [1.29, 1.82) is 0 Å². The molecule has 5 heteroatoms. The summed E-state index contributed by atoms with van der Waals surface area (Å²) in [6, 6.07) is 9.44. The molecule has 0 saturated heterocycles. The largest absolute Gasteiger partial charge is 0.388 e. The second-order valence-corrected chi connectivity index (χ2v) is 4.83. The van der Waals surface area contributed by atoms with E-state index < -0.39 is 18.3 Å². The molecule has 2 aromatic carbocycles.